The lowest BCUT2D eigenvalue weighted by Gasteiger charge is -2.03. The number of ether oxygens (including phenoxy) is 1. The quantitative estimate of drug-likeness (QED) is 0.735. The lowest BCUT2D eigenvalue weighted by molar-refractivity contribution is -0.116. The van der Waals surface area contributed by atoms with Gasteiger partial charge in [-0.15, -0.1) is 0 Å². The molecule has 0 aliphatic rings. The normalized spacial score (nSPS) is 10.7. The number of carbonyl (C=O) groups excluding carboxylic acids is 1. The molecule has 0 saturated heterocycles. The van der Waals surface area contributed by atoms with Gasteiger partial charge in [-0.2, -0.15) is 0 Å². The number of anilines is 1. The van der Waals surface area contributed by atoms with Crippen molar-refractivity contribution in [3.05, 3.63) is 51.3 Å². The SMILES string of the molecule is COc1cccc2sc(NC(=O)Cn3ccc(=O)[nH]c3=O)nc12. The first-order chi connectivity index (χ1) is 11.1. The van der Waals surface area contributed by atoms with Gasteiger partial charge in [0.2, 0.25) is 5.91 Å². The largest absolute Gasteiger partial charge is 0.494 e. The Morgan fingerprint density at radius 2 is 2.22 bits per heavy atom. The first-order valence-electron chi connectivity index (χ1n) is 6.60. The number of H-pyrrole nitrogens is 1. The second-order valence-electron chi connectivity index (χ2n) is 4.61. The number of carbonyl (C=O) groups is 1. The molecular weight excluding hydrogens is 320 g/mol. The van der Waals surface area contributed by atoms with E-state index in [-0.39, 0.29) is 6.54 Å². The summed E-state index contributed by atoms with van der Waals surface area (Å²) in [5.74, 6) is 0.202. The third kappa shape index (κ3) is 3.14. The van der Waals surface area contributed by atoms with Crippen molar-refractivity contribution in [3.63, 3.8) is 0 Å². The molecule has 8 nitrogen and oxygen atoms in total. The number of rotatable bonds is 4. The minimum absolute atomic E-state index is 0.220. The molecule has 0 fully saturated rings. The van der Waals surface area contributed by atoms with Gasteiger partial charge in [-0.1, -0.05) is 17.4 Å². The molecule has 0 atom stereocenters. The zero-order valence-corrected chi connectivity index (χ0v) is 12.8. The molecule has 0 unspecified atom stereocenters. The van der Waals surface area contributed by atoms with Gasteiger partial charge in [0.1, 0.15) is 17.8 Å². The van der Waals surface area contributed by atoms with Crippen LogP contribution in [-0.4, -0.2) is 27.6 Å². The summed E-state index contributed by atoms with van der Waals surface area (Å²) in [7, 11) is 1.55. The van der Waals surface area contributed by atoms with Gasteiger partial charge >= 0.3 is 5.69 Å². The summed E-state index contributed by atoms with van der Waals surface area (Å²) < 4.78 is 7.20. The van der Waals surface area contributed by atoms with E-state index in [9.17, 15) is 14.4 Å². The number of nitrogens with one attached hydrogen (secondary N) is 2. The number of thiazole rings is 1. The summed E-state index contributed by atoms with van der Waals surface area (Å²) in [5, 5.41) is 3.04. The maximum Gasteiger partial charge on any atom is 0.328 e. The molecule has 0 saturated carbocycles. The molecule has 23 heavy (non-hydrogen) atoms. The second-order valence-corrected chi connectivity index (χ2v) is 5.64. The van der Waals surface area contributed by atoms with Crippen LogP contribution in [0, 0.1) is 0 Å². The standard InChI is InChI=1S/C14H12N4O4S/c1-22-8-3-2-4-9-12(8)17-13(23-9)15-11(20)7-18-6-5-10(19)16-14(18)21/h2-6H,7H2,1H3,(H,15,17,20)(H,16,19,21). The molecule has 2 aromatic heterocycles. The van der Waals surface area contributed by atoms with Crippen LogP contribution in [0.4, 0.5) is 5.13 Å². The van der Waals surface area contributed by atoms with Crippen molar-refractivity contribution in [2.24, 2.45) is 0 Å². The summed E-state index contributed by atoms with van der Waals surface area (Å²) in [6.07, 6.45) is 1.27. The van der Waals surface area contributed by atoms with Gasteiger partial charge in [0, 0.05) is 12.3 Å². The van der Waals surface area contributed by atoms with E-state index in [4.69, 9.17) is 4.74 Å². The molecule has 9 heteroatoms. The summed E-state index contributed by atoms with van der Waals surface area (Å²) >= 11 is 1.30. The van der Waals surface area contributed by atoms with Crippen LogP contribution in [0.1, 0.15) is 0 Å². The van der Waals surface area contributed by atoms with E-state index in [0.717, 1.165) is 9.27 Å². The van der Waals surface area contributed by atoms with Crippen LogP contribution in [-0.2, 0) is 11.3 Å². The van der Waals surface area contributed by atoms with Crippen LogP contribution < -0.4 is 21.3 Å². The van der Waals surface area contributed by atoms with E-state index in [1.54, 1.807) is 13.2 Å². The molecule has 0 aliphatic carbocycles. The molecule has 3 aromatic rings. The van der Waals surface area contributed by atoms with Gasteiger partial charge in [0.05, 0.1) is 11.8 Å². The number of para-hydroxylation sites is 1. The maximum atomic E-state index is 12.0. The van der Waals surface area contributed by atoms with E-state index in [0.29, 0.717) is 16.4 Å². The third-order valence-electron chi connectivity index (χ3n) is 3.06. The van der Waals surface area contributed by atoms with Crippen molar-refractivity contribution >= 4 is 32.6 Å². The Labute approximate surface area is 133 Å². The summed E-state index contributed by atoms with van der Waals surface area (Å²) in [5.41, 5.74) is -0.486. The summed E-state index contributed by atoms with van der Waals surface area (Å²) in [6, 6.07) is 6.67. The van der Waals surface area contributed by atoms with Crippen LogP contribution >= 0.6 is 11.3 Å². The summed E-state index contributed by atoms with van der Waals surface area (Å²) in [6.45, 7) is -0.220. The maximum absolute atomic E-state index is 12.0. The van der Waals surface area contributed by atoms with Gasteiger partial charge in [-0.3, -0.25) is 19.1 Å². The highest BCUT2D eigenvalue weighted by molar-refractivity contribution is 7.22. The predicted molar refractivity (Wildman–Crippen MR) is 86.1 cm³/mol. The van der Waals surface area contributed by atoms with Crippen molar-refractivity contribution in [1.82, 2.24) is 14.5 Å². The number of nitrogens with zero attached hydrogens (tertiary/aromatic N) is 2. The Hall–Kier alpha value is -2.94. The Kier molecular flexibility index (Phi) is 3.94. The first kappa shape index (κ1) is 15.0. The number of hydrogen-bond acceptors (Lipinski definition) is 6. The Morgan fingerprint density at radius 1 is 1.39 bits per heavy atom. The fourth-order valence-electron chi connectivity index (χ4n) is 2.02. The van der Waals surface area contributed by atoms with E-state index in [2.05, 4.69) is 15.3 Å². The van der Waals surface area contributed by atoms with Crippen LogP contribution in [0.15, 0.2) is 40.1 Å². The minimum Gasteiger partial charge on any atom is -0.494 e. The smallest absolute Gasteiger partial charge is 0.328 e. The molecule has 118 valence electrons. The molecule has 3 rings (SSSR count). The highest BCUT2D eigenvalue weighted by atomic mass is 32.1. The lowest BCUT2D eigenvalue weighted by atomic mass is 10.3. The number of hydrogen-bond donors (Lipinski definition) is 2. The van der Waals surface area contributed by atoms with E-state index in [1.807, 2.05) is 12.1 Å². The fourth-order valence-corrected chi connectivity index (χ4v) is 2.92. The number of aromatic nitrogens is 3. The molecule has 2 heterocycles. The molecule has 0 radical (unpaired) electrons. The summed E-state index contributed by atoms with van der Waals surface area (Å²) in [4.78, 5) is 41.0. The molecule has 0 aliphatic heterocycles. The van der Waals surface area contributed by atoms with Gasteiger partial charge in [-0.05, 0) is 12.1 Å². The highest BCUT2D eigenvalue weighted by Crippen LogP contribution is 2.31. The van der Waals surface area contributed by atoms with Gasteiger partial charge in [0.15, 0.2) is 5.13 Å². The van der Waals surface area contributed by atoms with Crippen molar-refractivity contribution < 1.29 is 9.53 Å². The molecule has 1 amide bonds. The topological polar surface area (TPSA) is 106 Å². The molecule has 1 aromatic carbocycles. The monoisotopic (exact) mass is 332 g/mol. The first-order valence-corrected chi connectivity index (χ1v) is 7.41. The van der Waals surface area contributed by atoms with Crippen molar-refractivity contribution in [1.29, 1.82) is 0 Å². The minimum atomic E-state index is -0.640. The second kappa shape index (κ2) is 6.05. The van der Waals surface area contributed by atoms with Gasteiger partial charge in [-0.25, -0.2) is 9.78 Å². The van der Waals surface area contributed by atoms with Crippen LogP contribution in [0.5, 0.6) is 5.75 Å². The van der Waals surface area contributed by atoms with Gasteiger partial charge < -0.3 is 10.1 Å². The zero-order valence-electron chi connectivity index (χ0n) is 12.0. The van der Waals surface area contributed by atoms with Crippen molar-refractivity contribution in [3.8, 4) is 5.75 Å². The third-order valence-corrected chi connectivity index (χ3v) is 4.00. The molecule has 2 N–H and O–H groups in total. The lowest BCUT2D eigenvalue weighted by Crippen LogP contribution is -2.32. The van der Waals surface area contributed by atoms with E-state index in [1.165, 1.54) is 23.6 Å². The van der Waals surface area contributed by atoms with Crippen LogP contribution in [0.3, 0.4) is 0 Å². The van der Waals surface area contributed by atoms with Crippen molar-refractivity contribution in [2.75, 3.05) is 12.4 Å². The van der Waals surface area contributed by atoms with Crippen molar-refractivity contribution in [2.45, 2.75) is 6.54 Å². The number of benzene rings is 1. The van der Waals surface area contributed by atoms with Gasteiger partial charge in [0.25, 0.3) is 5.56 Å². The van der Waals surface area contributed by atoms with Crippen LogP contribution in [0.2, 0.25) is 0 Å². The average Bonchev–Trinajstić information content (AvgIpc) is 2.92. The molecule has 0 bridgehead atoms. The highest BCUT2D eigenvalue weighted by Gasteiger charge is 2.11. The zero-order chi connectivity index (χ0) is 16.4. The van der Waals surface area contributed by atoms with E-state index < -0.39 is 17.2 Å². The molecular formula is C14H12N4O4S. The Bertz CT molecular complexity index is 988. The number of methoxy groups -OCH3 is 1. The Morgan fingerprint density at radius 3 is 2.96 bits per heavy atom. The number of amides is 1. The van der Waals surface area contributed by atoms with Crippen LogP contribution in [0.25, 0.3) is 10.2 Å². The van der Waals surface area contributed by atoms with E-state index >= 15 is 0 Å². The predicted octanol–water partition coefficient (Wildman–Crippen LogP) is 0.794. The average molecular weight is 332 g/mol. The fraction of sp³-hybridized carbons (Fsp3) is 0.143. The Balaban J connectivity index is 1.80. The number of fused-ring (bicyclic) bond motifs is 1. The molecule has 0 spiro atoms. The number of aromatic amines is 1.